The largest absolute Gasteiger partial charge is 0.118 e. The first-order chi connectivity index (χ1) is 7.54. The second-order valence-corrected chi connectivity index (χ2v) is 5.60. The molecule has 0 heterocycles. The first-order valence-corrected chi connectivity index (χ1v) is 6.71. The Labute approximate surface area is 105 Å². The van der Waals surface area contributed by atoms with Gasteiger partial charge in [-0.1, -0.05) is 58.4 Å². The third-order valence-corrected chi connectivity index (χ3v) is 3.77. The molecular weight excluding hydrogens is 216 g/mol. The highest BCUT2D eigenvalue weighted by molar-refractivity contribution is 6.20. The molecule has 1 rings (SSSR count). The summed E-state index contributed by atoms with van der Waals surface area (Å²) in [6.45, 7) is 8.89. The monoisotopic (exact) mass is 238 g/mol. The Kier molecular flexibility index (Phi) is 5.34. The lowest BCUT2D eigenvalue weighted by Crippen LogP contribution is -2.03. The molecule has 0 N–H and O–H groups in total. The fraction of sp³-hybridized carbons (Fsp3) is 0.600. The molecule has 2 unspecified atom stereocenters. The smallest absolute Gasteiger partial charge is 0.0610 e. The van der Waals surface area contributed by atoms with E-state index in [0.29, 0.717) is 11.8 Å². The summed E-state index contributed by atoms with van der Waals surface area (Å²) < 4.78 is 0. The molecule has 0 aliphatic heterocycles. The van der Waals surface area contributed by atoms with Crippen LogP contribution in [0.1, 0.15) is 50.6 Å². The summed E-state index contributed by atoms with van der Waals surface area (Å²) in [5, 5.41) is 0.151. The molecule has 0 amide bonds. The van der Waals surface area contributed by atoms with Crippen molar-refractivity contribution in [2.45, 2.75) is 45.9 Å². The minimum absolute atomic E-state index is 0.151. The molecule has 0 saturated heterocycles. The molecule has 90 valence electrons. The van der Waals surface area contributed by atoms with E-state index in [-0.39, 0.29) is 5.38 Å². The molecule has 1 heteroatoms. The van der Waals surface area contributed by atoms with Crippen molar-refractivity contribution in [3.8, 4) is 0 Å². The SMILES string of the molecule is CCC(C)C(Cl)c1ccc(CC(C)C)cc1. The molecule has 16 heavy (non-hydrogen) atoms. The molecule has 1 aromatic rings. The summed E-state index contributed by atoms with van der Waals surface area (Å²) in [6.07, 6.45) is 2.28. The van der Waals surface area contributed by atoms with E-state index in [1.165, 1.54) is 11.1 Å². The van der Waals surface area contributed by atoms with Gasteiger partial charge in [-0.15, -0.1) is 11.6 Å². The molecule has 0 aromatic heterocycles. The van der Waals surface area contributed by atoms with Gasteiger partial charge in [-0.2, -0.15) is 0 Å². The van der Waals surface area contributed by atoms with Gasteiger partial charge in [0.2, 0.25) is 0 Å². The lowest BCUT2D eigenvalue weighted by Gasteiger charge is -2.17. The van der Waals surface area contributed by atoms with E-state index in [2.05, 4.69) is 52.0 Å². The molecule has 0 bridgehead atoms. The fourth-order valence-electron chi connectivity index (χ4n) is 1.84. The van der Waals surface area contributed by atoms with Gasteiger partial charge in [-0.05, 0) is 29.4 Å². The Morgan fingerprint density at radius 3 is 2.06 bits per heavy atom. The van der Waals surface area contributed by atoms with E-state index in [1.807, 2.05) is 0 Å². The zero-order valence-corrected chi connectivity index (χ0v) is 11.6. The average molecular weight is 239 g/mol. The van der Waals surface area contributed by atoms with Crippen LogP contribution in [0.15, 0.2) is 24.3 Å². The van der Waals surface area contributed by atoms with Crippen LogP contribution in [0.25, 0.3) is 0 Å². The van der Waals surface area contributed by atoms with Gasteiger partial charge in [0, 0.05) is 0 Å². The molecule has 0 aliphatic carbocycles. The van der Waals surface area contributed by atoms with E-state index < -0.39 is 0 Å². The van der Waals surface area contributed by atoms with Crippen LogP contribution in [0, 0.1) is 11.8 Å². The van der Waals surface area contributed by atoms with Gasteiger partial charge >= 0.3 is 0 Å². The molecule has 0 saturated carbocycles. The van der Waals surface area contributed by atoms with Crippen LogP contribution in [0.5, 0.6) is 0 Å². The molecular formula is C15H23Cl. The standard InChI is InChI=1S/C15H23Cl/c1-5-12(4)15(16)14-8-6-13(7-9-14)10-11(2)3/h6-9,11-12,15H,5,10H2,1-4H3. The molecule has 1 aromatic carbocycles. The molecule has 0 aliphatic rings. The number of hydrogen-bond donors (Lipinski definition) is 0. The summed E-state index contributed by atoms with van der Waals surface area (Å²) in [5.74, 6) is 1.25. The number of halogens is 1. The van der Waals surface area contributed by atoms with Crippen LogP contribution in [0.3, 0.4) is 0 Å². The Bertz CT molecular complexity index is 300. The van der Waals surface area contributed by atoms with Gasteiger partial charge in [0.1, 0.15) is 0 Å². The minimum atomic E-state index is 0.151. The summed E-state index contributed by atoms with van der Waals surface area (Å²) in [4.78, 5) is 0. The molecule has 0 radical (unpaired) electrons. The van der Waals surface area contributed by atoms with Gasteiger partial charge in [0.15, 0.2) is 0 Å². The summed E-state index contributed by atoms with van der Waals surface area (Å²) in [7, 11) is 0. The number of benzene rings is 1. The first kappa shape index (κ1) is 13.6. The van der Waals surface area contributed by atoms with Crippen molar-refractivity contribution in [3.63, 3.8) is 0 Å². The number of hydrogen-bond acceptors (Lipinski definition) is 0. The summed E-state index contributed by atoms with van der Waals surface area (Å²) in [6, 6.07) is 8.79. The second-order valence-electron chi connectivity index (χ2n) is 5.13. The third-order valence-electron chi connectivity index (χ3n) is 3.09. The zero-order valence-electron chi connectivity index (χ0n) is 10.8. The maximum atomic E-state index is 6.41. The van der Waals surface area contributed by atoms with Crippen molar-refractivity contribution < 1.29 is 0 Å². The van der Waals surface area contributed by atoms with E-state index in [1.54, 1.807) is 0 Å². The average Bonchev–Trinajstić information content (AvgIpc) is 2.27. The van der Waals surface area contributed by atoms with E-state index in [0.717, 1.165) is 12.8 Å². The molecule has 0 fully saturated rings. The fourth-order valence-corrected chi connectivity index (χ4v) is 2.17. The zero-order chi connectivity index (χ0) is 12.1. The Hall–Kier alpha value is -0.490. The van der Waals surface area contributed by atoms with Gasteiger partial charge < -0.3 is 0 Å². The van der Waals surface area contributed by atoms with Crippen LogP contribution in [0.4, 0.5) is 0 Å². The second kappa shape index (κ2) is 6.30. The van der Waals surface area contributed by atoms with Gasteiger partial charge in [-0.25, -0.2) is 0 Å². The molecule has 0 spiro atoms. The van der Waals surface area contributed by atoms with Crippen molar-refractivity contribution in [2.24, 2.45) is 11.8 Å². The number of rotatable bonds is 5. The highest BCUT2D eigenvalue weighted by atomic mass is 35.5. The van der Waals surface area contributed by atoms with Crippen LogP contribution in [-0.4, -0.2) is 0 Å². The highest BCUT2D eigenvalue weighted by Gasteiger charge is 2.14. The van der Waals surface area contributed by atoms with Crippen molar-refractivity contribution in [1.82, 2.24) is 0 Å². The predicted molar refractivity (Wildman–Crippen MR) is 73.0 cm³/mol. The van der Waals surface area contributed by atoms with Crippen molar-refractivity contribution in [3.05, 3.63) is 35.4 Å². The lowest BCUT2D eigenvalue weighted by atomic mass is 9.96. The maximum Gasteiger partial charge on any atom is 0.0610 e. The number of alkyl halides is 1. The van der Waals surface area contributed by atoms with Crippen LogP contribution in [-0.2, 0) is 6.42 Å². The topological polar surface area (TPSA) is 0 Å². The molecule has 2 atom stereocenters. The summed E-state index contributed by atoms with van der Waals surface area (Å²) >= 11 is 6.41. The van der Waals surface area contributed by atoms with E-state index in [9.17, 15) is 0 Å². The van der Waals surface area contributed by atoms with Crippen molar-refractivity contribution in [1.29, 1.82) is 0 Å². The first-order valence-electron chi connectivity index (χ1n) is 6.27. The third kappa shape index (κ3) is 3.83. The Morgan fingerprint density at radius 2 is 1.62 bits per heavy atom. The van der Waals surface area contributed by atoms with Gasteiger partial charge in [0.25, 0.3) is 0 Å². The lowest BCUT2D eigenvalue weighted by molar-refractivity contribution is 0.542. The van der Waals surface area contributed by atoms with Gasteiger partial charge in [-0.3, -0.25) is 0 Å². The predicted octanol–water partition coefficient (Wildman–Crippen LogP) is 5.21. The van der Waals surface area contributed by atoms with E-state index in [4.69, 9.17) is 11.6 Å². The quantitative estimate of drug-likeness (QED) is 0.618. The maximum absolute atomic E-state index is 6.41. The van der Waals surface area contributed by atoms with Crippen LogP contribution in [0.2, 0.25) is 0 Å². The van der Waals surface area contributed by atoms with Crippen LogP contribution < -0.4 is 0 Å². The van der Waals surface area contributed by atoms with Crippen molar-refractivity contribution >= 4 is 11.6 Å². The van der Waals surface area contributed by atoms with Gasteiger partial charge in [0.05, 0.1) is 5.38 Å². The van der Waals surface area contributed by atoms with E-state index >= 15 is 0 Å². The van der Waals surface area contributed by atoms with Crippen molar-refractivity contribution in [2.75, 3.05) is 0 Å². The molecule has 0 nitrogen and oxygen atoms in total. The Morgan fingerprint density at radius 1 is 1.06 bits per heavy atom. The van der Waals surface area contributed by atoms with Crippen LogP contribution >= 0.6 is 11.6 Å². The summed E-state index contributed by atoms with van der Waals surface area (Å²) in [5.41, 5.74) is 2.66. The highest BCUT2D eigenvalue weighted by Crippen LogP contribution is 2.30. The minimum Gasteiger partial charge on any atom is -0.118 e. The Balaban J connectivity index is 2.70. The normalized spacial score (nSPS) is 15.1.